The molecule has 0 saturated carbocycles. The van der Waals surface area contributed by atoms with Crippen LogP contribution in [0.1, 0.15) is 23.7 Å². The van der Waals surface area contributed by atoms with Gasteiger partial charge >= 0.3 is 5.97 Å². The number of hydrogen-bond donors (Lipinski definition) is 3. The fourth-order valence-corrected chi connectivity index (χ4v) is 3.44. The lowest BCUT2D eigenvalue weighted by atomic mass is 10.2. The first-order valence-corrected chi connectivity index (χ1v) is 9.20. The topological polar surface area (TPSA) is 104 Å². The lowest BCUT2D eigenvalue weighted by molar-refractivity contribution is -0.113. The van der Waals surface area contributed by atoms with Crippen LogP contribution in [0, 0.1) is 0 Å². The van der Waals surface area contributed by atoms with Crippen LogP contribution in [0.25, 0.3) is 0 Å². The van der Waals surface area contributed by atoms with Crippen LogP contribution in [-0.2, 0) is 4.79 Å². The smallest absolute Gasteiger partial charge is 0.337 e. The van der Waals surface area contributed by atoms with Gasteiger partial charge < -0.3 is 15.7 Å². The molecular formula is C14H15ClN4O3S2. The Morgan fingerprint density at radius 3 is 2.88 bits per heavy atom. The molecule has 10 heteroatoms. The summed E-state index contributed by atoms with van der Waals surface area (Å²) in [6.07, 6.45) is 0.982. The quantitative estimate of drug-likeness (QED) is 0.597. The summed E-state index contributed by atoms with van der Waals surface area (Å²) >= 11 is 8.45. The zero-order valence-corrected chi connectivity index (χ0v) is 15.1. The number of amides is 1. The molecule has 24 heavy (non-hydrogen) atoms. The Balaban J connectivity index is 1.93. The highest BCUT2D eigenvalue weighted by Crippen LogP contribution is 2.26. The summed E-state index contributed by atoms with van der Waals surface area (Å²) in [6, 6.07) is 4.22. The Bertz CT molecular complexity index is 739. The number of benzene rings is 1. The summed E-state index contributed by atoms with van der Waals surface area (Å²) in [5.74, 6) is -1.39. The van der Waals surface area contributed by atoms with Gasteiger partial charge in [-0.05, 0) is 24.6 Å². The molecule has 128 valence electrons. The number of aromatic carboxylic acids is 1. The summed E-state index contributed by atoms with van der Waals surface area (Å²) < 4.78 is 0.660. The van der Waals surface area contributed by atoms with Crippen LogP contribution in [0.2, 0.25) is 5.02 Å². The van der Waals surface area contributed by atoms with E-state index in [4.69, 9.17) is 16.7 Å². The fourth-order valence-electron chi connectivity index (χ4n) is 1.69. The number of carboxylic acids is 1. The van der Waals surface area contributed by atoms with E-state index in [-0.39, 0.29) is 22.9 Å². The highest BCUT2D eigenvalue weighted by molar-refractivity contribution is 8.01. The van der Waals surface area contributed by atoms with Crippen LogP contribution in [0.5, 0.6) is 0 Å². The van der Waals surface area contributed by atoms with Crippen molar-refractivity contribution < 1.29 is 14.7 Å². The lowest BCUT2D eigenvalue weighted by Crippen LogP contribution is -2.16. The Labute approximate surface area is 151 Å². The second-order valence-electron chi connectivity index (χ2n) is 4.63. The van der Waals surface area contributed by atoms with Gasteiger partial charge in [-0.2, -0.15) is 0 Å². The van der Waals surface area contributed by atoms with E-state index < -0.39 is 5.97 Å². The van der Waals surface area contributed by atoms with E-state index in [1.54, 1.807) is 0 Å². The zero-order chi connectivity index (χ0) is 17.5. The molecule has 7 nitrogen and oxygen atoms in total. The standard InChI is InChI=1S/C14H15ClN4O3S2/c1-2-5-16-13-18-19-14(24-13)23-7-11(20)17-10-6-8(15)3-4-9(10)12(21)22/h3-4,6H,2,5,7H2,1H3,(H,16,18)(H,17,20)(H,21,22). The van der Waals surface area contributed by atoms with E-state index in [9.17, 15) is 9.59 Å². The molecular weight excluding hydrogens is 372 g/mol. The second-order valence-corrected chi connectivity index (χ2v) is 7.27. The number of carbonyl (C=O) groups is 2. The summed E-state index contributed by atoms with van der Waals surface area (Å²) in [7, 11) is 0. The Kier molecular flexibility index (Phi) is 6.83. The van der Waals surface area contributed by atoms with Crippen LogP contribution in [0.4, 0.5) is 10.8 Å². The Morgan fingerprint density at radius 2 is 2.17 bits per heavy atom. The first kappa shape index (κ1) is 18.5. The van der Waals surface area contributed by atoms with Gasteiger partial charge in [0.25, 0.3) is 0 Å². The number of nitrogens with one attached hydrogen (secondary N) is 2. The second kappa shape index (κ2) is 8.86. The van der Waals surface area contributed by atoms with E-state index in [0.29, 0.717) is 14.5 Å². The number of rotatable bonds is 8. The molecule has 0 bridgehead atoms. The normalized spacial score (nSPS) is 10.4. The van der Waals surface area contributed by atoms with Gasteiger partial charge in [0.05, 0.1) is 17.0 Å². The number of halogens is 1. The van der Waals surface area contributed by atoms with Crippen LogP contribution in [0.3, 0.4) is 0 Å². The number of aromatic nitrogens is 2. The monoisotopic (exact) mass is 386 g/mol. The van der Waals surface area contributed by atoms with Crippen molar-refractivity contribution in [1.29, 1.82) is 0 Å². The van der Waals surface area contributed by atoms with Crippen molar-refractivity contribution in [2.75, 3.05) is 22.9 Å². The average Bonchev–Trinajstić information content (AvgIpc) is 2.98. The van der Waals surface area contributed by atoms with Crippen molar-refractivity contribution in [1.82, 2.24) is 10.2 Å². The minimum Gasteiger partial charge on any atom is -0.478 e. The van der Waals surface area contributed by atoms with Gasteiger partial charge in [-0.3, -0.25) is 4.79 Å². The van der Waals surface area contributed by atoms with E-state index in [1.807, 2.05) is 0 Å². The molecule has 1 aromatic carbocycles. The molecule has 0 aliphatic rings. The molecule has 0 saturated heterocycles. The minimum atomic E-state index is -1.13. The first-order chi connectivity index (χ1) is 11.5. The number of hydrogen-bond acceptors (Lipinski definition) is 7. The third kappa shape index (κ3) is 5.36. The molecule has 3 N–H and O–H groups in total. The van der Waals surface area contributed by atoms with Gasteiger partial charge in [0.15, 0.2) is 4.34 Å². The fraction of sp³-hybridized carbons (Fsp3) is 0.286. The van der Waals surface area contributed by atoms with E-state index >= 15 is 0 Å². The summed E-state index contributed by atoms with van der Waals surface area (Å²) in [5, 5.41) is 23.8. The average molecular weight is 387 g/mol. The number of anilines is 2. The van der Waals surface area contributed by atoms with Crippen molar-refractivity contribution in [3.63, 3.8) is 0 Å². The zero-order valence-electron chi connectivity index (χ0n) is 12.7. The molecule has 0 spiro atoms. The van der Waals surface area contributed by atoms with Crippen molar-refractivity contribution in [2.24, 2.45) is 0 Å². The third-order valence-corrected chi connectivity index (χ3v) is 4.99. The molecule has 0 fully saturated rings. The van der Waals surface area contributed by atoms with E-state index in [0.717, 1.165) is 13.0 Å². The molecule has 0 unspecified atom stereocenters. The van der Waals surface area contributed by atoms with Crippen molar-refractivity contribution in [3.8, 4) is 0 Å². The molecule has 2 rings (SSSR count). The first-order valence-electron chi connectivity index (χ1n) is 7.02. The molecule has 1 heterocycles. The predicted molar refractivity (Wildman–Crippen MR) is 96.5 cm³/mol. The summed E-state index contributed by atoms with van der Waals surface area (Å²) in [4.78, 5) is 23.2. The lowest BCUT2D eigenvalue weighted by Gasteiger charge is -2.08. The molecule has 0 radical (unpaired) electrons. The number of thioether (sulfide) groups is 1. The molecule has 1 amide bonds. The van der Waals surface area contributed by atoms with Crippen LogP contribution in [0.15, 0.2) is 22.5 Å². The van der Waals surface area contributed by atoms with Gasteiger partial charge in [-0.25, -0.2) is 4.79 Å². The molecule has 2 aromatic rings. The number of carbonyl (C=O) groups excluding carboxylic acids is 1. The summed E-state index contributed by atoms with van der Waals surface area (Å²) in [5.41, 5.74) is 0.155. The third-order valence-electron chi connectivity index (χ3n) is 2.75. The van der Waals surface area contributed by atoms with Gasteiger partial charge in [0.1, 0.15) is 0 Å². The number of carboxylic acid groups (broad SMARTS) is 1. The molecule has 0 atom stereocenters. The maximum absolute atomic E-state index is 12.0. The molecule has 0 aliphatic heterocycles. The highest BCUT2D eigenvalue weighted by Gasteiger charge is 2.14. The van der Waals surface area contributed by atoms with Gasteiger partial charge in [0, 0.05) is 11.6 Å². The maximum Gasteiger partial charge on any atom is 0.337 e. The van der Waals surface area contributed by atoms with E-state index in [2.05, 4.69) is 27.8 Å². The van der Waals surface area contributed by atoms with Crippen molar-refractivity contribution in [3.05, 3.63) is 28.8 Å². The Morgan fingerprint density at radius 1 is 1.38 bits per heavy atom. The van der Waals surface area contributed by atoms with Crippen LogP contribution < -0.4 is 10.6 Å². The summed E-state index contributed by atoms with van der Waals surface area (Å²) in [6.45, 7) is 2.86. The van der Waals surface area contributed by atoms with Crippen molar-refractivity contribution in [2.45, 2.75) is 17.7 Å². The highest BCUT2D eigenvalue weighted by atomic mass is 35.5. The Hall–Kier alpha value is -1.84. The van der Waals surface area contributed by atoms with E-state index in [1.165, 1.54) is 41.3 Å². The van der Waals surface area contributed by atoms with Crippen LogP contribution in [-0.4, -0.2) is 39.5 Å². The predicted octanol–water partition coefficient (Wildman–Crippen LogP) is 3.44. The van der Waals surface area contributed by atoms with Crippen molar-refractivity contribution >= 4 is 57.4 Å². The van der Waals surface area contributed by atoms with Gasteiger partial charge in [0.2, 0.25) is 11.0 Å². The molecule has 1 aromatic heterocycles. The molecule has 0 aliphatic carbocycles. The largest absolute Gasteiger partial charge is 0.478 e. The van der Waals surface area contributed by atoms with Gasteiger partial charge in [-0.1, -0.05) is 41.6 Å². The maximum atomic E-state index is 12.0. The SMILES string of the molecule is CCCNc1nnc(SCC(=O)Nc2cc(Cl)ccc2C(=O)O)s1. The minimum absolute atomic E-state index is 0.0142. The van der Waals surface area contributed by atoms with Crippen LogP contribution >= 0.6 is 34.7 Å². The van der Waals surface area contributed by atoms with Gasteiger partial charge in [-0.15, -0.1) is 10.2 Å². The number of nitrogens with zero attached hydrogens (tertiary/aromatic N) is 2.